The Morgan fingerprint density at radius 3 is 2.48 bits per heavy atom. The van der Waals surface area contributed by atoms with Crippen LogP contribution in [0.2, 0.25) is 0 Å². The quantitative estimate of drug-likeness (QED) is 0.856. The second kappa shape index (κ2) is 6.38. The first-order valence-corrected chi connectivity index (χ1v) is 8.82. The van der Waals surface area contributed by atoms with Gasteiger partial charge in [0.1, 0.15) is 5.75 Å². The largest absolute Gasteiger partial charge is 0.497 e. The van der Waals surface area contributed by atoms with Gasteiger partial charge in [0, 0.05) is 12.2 Å². The Morgan fingerprint density at radius 1 is 1.12 bits per heavy atom. The second-order valence-electron chi connectivity index (χ2n) is 6.79. The smallest absolute Gasteiger partial charge is 0.354 e. The van der Waals surface area contributed by atoms with Crippen molar-refractivity contribution in [3.05, 3.63) is 40.6 Å². The van der Waals surface area contributed by atoms with Crippen molar-refractivity contribution in [3.63, 3.8) is 0 Å². The third-order valence-corrected chi connectivity index (χ3v) is 5.17. The fraction of sp³-hybridized carbons (Fsp3) is 0.500. The van der Waals surface area contributed by atoms with Crippen molar-refractivity contribution in [2.75, 3.05) is 12.0 Å². The Bertz CT molecular complexity index is 831. The van der Waals surface area contributed by atoms with Gasteiger partial charge in [0.05, 0.1) is 13.7 Å². The summed E-state index contributed by atoms with van der Waals surface area (Å²) in [7, 11) is 1.60. The molecule has 0 spiro atoms. The number of anilines is 1. The monoisotopic (exact) mass is 342 g/mol. The SMILES string of the molecule is COc1ccc(N2Cc3nn(CC4CCCCC4)c(=O)n3C2=O)cc1. The molecule has 0 bridgehead atoms. The van der Waals surface area contributed by atoms with Crippen molar-refractivity contribution < 1.29 is 9.53 Å². The number of fused-ring (bicyclic) bond motifs is 1. The maximum atomic E-state index is 12.7. The molecular formula is C18H22N4O3. The lowest BCUT2D eigenvalue weighted by atomic mass is 9.89. The summed E-state index contributed by atoms with van der Waals surface area (Å²) in [6.07, 6.45) is 6.00. The predicted molar refractivity (Wildman–Crippen MR) is 93.0 cm³/mol. The molecule has 1 saturated carbocycles. The lowest BCUT2D eigenvalue weighted by molar-refractivity contribution is 0.249. The third-order valence-electron chi connectivity index (χ3n) is 5.17. The van der Waals surface area contributed by atoms with E-state index in [1.165, 1.54) is 28.5 Å². The molecular weight excluding hydrogens is 320 g/mol. The van der Waals surface area contributed by atoms with Crippen LogP contribution in [0.5, 0.6) is 5.75 Å². The molecule has 2 aromatic rings. The van der Waals surface area contributed by atoms with Gasteiger partial charge < -0.3 is 4.74 Å². The van der Waals surface area contributed by atoms with E-state index in [9.17, 15) is 9.59 Å². The number of benzene rings is 1. The average Bonchev–Trinajstić information content (AvgIpc) is 3.13. The second-order valence-corrected chi connectivity index (χ2v) is 6.79. The normalized spacial score (nSPS) is 17.8. The molecule has 1 aliphatic heterocycles. The van der Waals surface area contributed by atoms with Gasteiger partial charge >= 0.3 is 11.7 Å². The Hall–Kier alpha value is -2.57. The molecule has 0 saturated heterocycles. The summed E-state index contributed by atoms with van der Waals surface area (Å²) in [5.41, 5.74) is 0.413. The maximum absolute atomic E-state index is 12.7. The molecule has 25 heavy (non-hydrogen) atoms. The molecule has 7 heteroatoms. The molecule has 1 fully saturated rings. The van der Waals surface area contributed by atoms with Crippen molar-refractivity contribution in [1.82, 2.24) is 14.3 Å². The first-order chi connectivity index (χ1) is 12.2. The Morgan fingerprint density at radius 2 is 1.84 bits per heavy atom. The lowest BCUT2D eigenvalue weighted by Gasteiger charge is -2.21. The van der Waals surface area contributed by atoms with Crippen LogP contribution in [0.15, 0.2) is 29.1 Å². The van der Waals surface area contributed by atoms with E-state index in [-0.39, 0.29) is 11.7 Å². The van der Waals surface area contributed by atoms with E-state index in [4.69, 9.17) is 4.74 Å². The van der Waals surface area contributed by atoms with Crippen molar-refractivity contribution in [1.29, 1.82) is 0 Å². The summed E-state index contributed by atoms with van der Waals surface area (Å²) < 4.78 is 7.82. The maximum Gasteiger partial charge on any atom is 0.354 e. The van der Waals surface area contributed by atoms with Crippen LogP contribution in [0.4, 0.5) is 10.5 Å². The van der Waals surface area contributed by atoms with Crippen molar-refractivity contribution in [2.24, 2.45) is 5.92 Å². The molecule has 0 N–H and O–H groups in total. The summed E-state index contributed by atoms with van der Waals surface area (Å²) >= 11 is 0. The molecule has 0 radical (unpaired) electrons. The fourth-order valence-electron chi connectivity index (χ4n) is 3.77. The van der Waals surface area contributed by atoms with Crippen LogP contribution in [-0.4, -0.2) is 27.5 Å². The van der Waals surface area contributed by atoms with Crippen LogP contribution in [-0.2, 0) is 13.1 Å². The molecule has 4 rings (SSSR count). The zero-order valence-corrected chi connectivity index (χ0v) is 14.4. The third kappa shape index (κ3) is 2.83. The van der Waals surface area contributed by atoms with Gasteiger partial charge in [-0.15, -0.1) is 0 Å². The summed E-state index contributed by atoms with van der Waals surface area (Å²) in [5.74, 6) is 1.74. The van der Waals surface area contributed by atoms with E-state index < -0.39 is 0 Å². The van der Waals surface area contributed by atoms with Crippen LogP contribution in [0.25, 0.3) is 0 Å². The van der Waals surface area contributed by atoms with Crippen molar-refractivity contribution in [2.45, 2.75) is 45.2 Å². The zero-order valence-electron chi connectivity index (χ0n) is 14.4. The number of hydrogen-bond acceptors (Lipinski definition) is 4. The fourth-order valence-corrected chi connectivity index (χ4v) is 3.77. The van der Waals surface area contributed by atoms with Crippen molar-refractivity contribution in [3.8, 4) is 5.75 Å². The van der Waals surface area contributed by atoms with E-state index >= 15 is 0 Å². The highest BCUT2D eigenvalue weighted by atomic mass is 16.5. The number of nitrogens with zero attached hydrogens (tertiary/aromatic N) is 4. The minimum Gasteiger partial charge on any atom is -0.497 e. The first-order valence-electron chi connectivity index (χ1n) is 8.82. The van der Waals surface area contributed by atoms with Gasteiger partial charge in [-0.25, -0.2) is 14.3 Å². The highest BCUT2D eigenvalue weighted by molar-refractivity contribution is 5.96. The molecule has 132 valence electrons. The number of ether oxygens (including phenoxy) is 1. The van der Waals surface area contributed by atoms with Crippen LogP contribution < -0.4 is 15.3 Å². The standard InChI is InChI=1S/C18H22N4O3/c1-25-15-9-7-14(8-10-15)20-12-16-19-21(18(24)22(16)17(20)23)11-13-5-3-2-4-6-13/h7-10,13H,2-6,11-12H2,1H3. The molecule has 1 aromatic carbocycles. The zero-order chi connectivity index (χ0) is 17.4. The molecule has 1 aromatic heterocycles. The number of carbonyl (C=O) groups excluding carboxylic acids is 1. The lowest BCUT2D eigenvalue weighted by Crippen LogP contribution is -2.35. The molecule has 1 amide bonds. The number of carbonyl (C=O) groups is 1. The number of hydrogen-bond donors (Lipinski definition) is 0. The number of amides is 1. The van der Waals surface area contributed by atoms with Gasteiger partial charge in [0.2, 0.25) is 0 Å². The summed E-state index contributed by atoms with van der Waals surface area (Å²) in [6.45, 7) is 0.937. The molecule has 0 unspecified atom stereocenters. The first kappa shape index (κ1) is 15.9. The van der Waals surface area contributed by atoms with E-state index in [0.29, 0.717) is 24.8 Å². The topological polar surface area (TPSA) is 69.4 Å². The van der Waals surface area contributed by atoms with Crippen LogP contribution in [0.3, 0.4) is 0 Å². The van der Waals surface area contributed by atoms with Gasteiger partial charge in [-0.2, -0.15) is 9.67 Å². The molecule has 2 heterocycles. The van der Waals surface area contributed by atoms with E-state index in [1.807, 2.05) is 12.1 Å². The highest BCUT2D eigenvalue weighted by Crippen LogP contribution is 2.26. The van der Waals surface area contributed by atoms with Gasteiger partial charge in [0.15, 0.2) is 5.82 Å². The molecule has 7 nitrogen and oxygen atoms in total. The number of rotatable bonds is 4. The Kier molecular flexibility index (Phi) is 4.07. The summed E-state index contributed by atoms with van der Waals surface area (Å²) in [4.78, 5) is 26.9. The van der Waals surface area contributed by atoms with Gasteiger partial charge in [-0.3, -0.25) is 4.90 Å². The summed E-state index contributed by atoms with van der Waals surface area (Å²) in [5, 5.41) is 4.42. The van der Waals surface area contributed by atoms with Crippen LogP contribution in [0.1, 0.15) is 37.9 Å². The van der Waals surface area contributed by atoms with Crippen LogP contribution in [0, 0.1) is 5.92 Å². The van der Waals surface area contributed by atoms with Gasteiger partial charge in [-0.05, 0) is 43.0 Å². The Labute approximate surface area is 145 Å². The minimum atomic E-state index is -0.333. The van der Waals surface area contributed by atoms with E-state index in [1.54, 1.807) is 24.1 Å². The number of aromatic nitrogens is 3. The van der Waals surface area contributed by atoms with E-state index in [2.05, 4.69) is 5.10 Å². The van der Waals surface area contributed by atoms with Gasteiger partial charge in [0.25, 0.3) is 0 Å². The summed E-state index contributed by atoms with van der Waals surface area (Å²) in [6, 6.07) is 6.88. The molecule has 2 aliphatic rings. The van der Waals surface area contributed by atoms with Crippen molar-refractivity contribution >= 4 is 11.7 Å². The number of methoxy groups -OCH3 is 1. The van der Waals surface area contributed by atoms with E-state index in [0.717, 1.165) is 24.3 Å². The highest BCUT2D eigenvalue weighted by Gasteiger charge is 2.33. The minimum absolute atomic E-state index is 0.318. The van der Waals surface area contributed by atoms with Gasteiger partial charge in [-0.1, -0.05) is 19.3 Å². The van der Waals surface area contributed by atoms with Crippen LogP contribution >= 0.6 is 0 Å². The Balaban J connectivity index is 1.55. The predicted octanol–water partition coefficient (Wildman–Crippen LogP) is 2.62. The molecule has 0 atom stereocenters. The average molecular weight is 342 g/mol. The molecule has 1 aliphatic carbocycles.